The Labute approximate surface area is 98.5 Å². The normalized spacial score (nSPS) is 23.8. The second kappa shape index (κ2) is 4.07. The smallest absolute Gasteiger partial charge is 0.235 e. The molecular formula is C10H10ClNO3S. The molecule has 0 radical (unpaired) electrons. The molecule has 4 nitrogen and oxygen atoms in total. The zero-order valence-electron chi connectivity index (χ0n) is 8.31. The molecular weight excluding hydrogens is 250 g/mol. The Bertz CT molecular complexity index is 509. The van der Waals surface area contributed by atoms with E-state index in [1.807, 2.05) is 0 Å². The molecule has 6 heteroatoms. The monoisotopic (exact) mass is 259 g/mol. The molecule has 1 aromatic carbocycles. The molecule has 1 N–H and O–H groups in total. The fourth-order valence-corrected chi connectivity index (χ4v) is 3.18. The van der Waals surface area contributed by atoms with Gasteiger partial charge in [0.15, 0.2) is 9.84 Å². The molecule has 0 aromatic heterocycles. The molecule has 1 aliphatic rings. The number of carbonyl (C=O) groups excluding carboxylic acids is 1. The van der Waals surface area contributed by atoms with Crippen molar-refractivity contribution in [1.29, 1.82) is 0 Å². The largest absolute Gasteiger partial charge is 0.347 e. The quantitative estimate of drug-likeness (QED) is 0.816. The van der Waals surface area contributed by atoms with E-state index in [2.05, 4.69) is 5.32 Å². The molecule has 1 aliphatic heterocycles. The van der Waals surface area contributed by atoms with E-state index in [1.165, 1.54) is 0 Å². The van der Waals surface area contributed by atoms with Crippen LogP contribution in [0.2, 0.25) is 5.02 Å². The van der Waals surface area contributed by atoms with Crippen LogP contribution in [0.5, 0.6) is 0 Å². The third kappa shape index (κ3) is 2.54. The predicted octanol–water partition coefficient (Wildman–Crippen LogP) is 0.926. The first-order chi connectivity index (χ1) is 7.46. The fourth-order valence-electron chi connectivity index (χ4n) is 1.66. The minimum absolute atomic E-state index is 0.0552. The second-order valence-electron chi connectivity index (χ2n) is 3.73. The van der Waals surface area contributed by atoms with Crippen LogP contribution in [-0.2, 0) is 14.6 Å². The number of nitrogens with one attached hydrogen (secondary N) is 1. The molecule has 0 bridgehead atoms. The Balaban J connectivity index is 2.28. The van der Waals surface area contributed by atoms with Crippen LogP contribution in [0.25, 0.3) is 0 Å². The first-order valence-electron chi connectivity index (χ1n) is 4.71. The van der Waals surface area contributed by atoms with Gasteiger partial charge < -0.3 is 5.32 Å². The maximum Gasteiger partial charge on any atom is 0.235 e. The predicted molar refractivity (Wildman–Crippen MR) is 61.0 cm³/mol. The summed E-state index contributed by atoms with van der Waals surface area (Å²) >= 11 is 5.73. The lowest BCUT2D eigenvalue weighted by Crippen LogP contribution is -2.43. The van der Waals surface area contributed by atoms with E-state index in [-0.39, 0.29) is 5.75 Å². The highest BCUT2D eigenvalue weighted by Crippen LogP contribution is 2.20. The highest BCUT2D eigenvalue weighted by Gasteiger charge is 2.30. The van der Waals surface area contributed by atoms with Crippen LogP contribution in [-0.4, -0.2) is 25.8 Å². The van der Waals surface area contributed by atoms with Gasteiger partial charge in [0, 0.05) is 5.02 Å². The standard InChI is InChI=1S/C10H10ClNO3S/c11-8-3-1-7(2-4-8)9-5-16(14,15)6-10(13)12-9/h1-4,9H,5-6H2,(H,12,13). The molecule has 1 heterocycles. The van der Waals surface area contributed by atoms with Crippen LogP contribution in [0.15, 0.2) is 24.3 Å². The number of sulfone groups is 1. The molecule has 1 saturated heterocycles. The van der Waals surface area contributed by atoms with Gasteiger partial charge in [-0.05, 0) is 17.7 Å². The van der Waals surface area contributed by atoms with Crippen LogP contribution in [0.4, 0.5) is 0 Å². The minimum atomic E-state index is -3.28. The van der Waals surface area contributed by atoms with Crippen LogP contribution in [0.3, 0.4) is 0 Å². The van der Waals surface area contributed by atoms with Gasteiger partial charge in [0.05, 0.1) is 11.8 Å². The topological polar surface area (TPSA) is 63.2 Å². The number of rotatable bonds is 1. The molecule has 1 amide bonds. The van der Waals surface area contributed by atoms with Crippen molar-refractivity contribution in [2.45, 2.75) is 6.04 Å². The summed E-state index contributed by atoms with van der Waals surface area (Å²) in [5.74, 6) is -0.927. The van der Waals surface area contributed by atoms with Gasteiger partial charge in [-0.2, -0.15) is 0 Å². The summed E-state index contributed by atoms with van der Waals surface area (Å²) in [5.41, 5.74) is 0.751. The average molecular weight is 260 g/mol. The summed E-state index contributed by atoms with van der Waals surface area (Å²) in [6.45, 7) is 0. The van der Waals surface area contributed by atoms with E-state index in [0.717, 1.165) is 5.56 Å². The number of halogens is 1. The van der Waals surface area contributed by atoms with Crippen molar-refractivity contribution in [3.8, 4) is 0 Å². The Morgan fingerprint density at radius 3 is 2.44 bits per heavy atom. The Morgan fingerprint density at radius 1 is 1.25 bits per heavy atom. The van der Waals surface area contributed by atoms with Crippen molar-refractivity contribution in [2.75, 3.05) is 11.5 Å². The van der Waals surface area contributed by atoms with Crippen molar-refractivity contribution >= 4 is 27.3 Å². The summed E-state index contributed by atoms with van der Waals surface area (Å²) < 4.78 is 22.8. The molecule has 0 aliphatic carbocycles. The van der Waals surface area contributed by atoms with E-state index in [0.29, 0.717) is 5.02 Å². The molecule has 1 unspecified atom stereocenters. The van der Waals surface area contributed by atoms with Crippen LogP contribution >= 0.6 is 11.6 Å². The summed E-state index contributed by atoms with van der Waals surface area (Å²) in [5, 5.41) is 3.22. The molecule has 0 saturated carbocycles. The second-order valence-corrected chi connectivity index (χ2v) is 6.27. The molecule has 1 fully saturated rings. The maximum atomic E-state index is 11.4. The molecule has 1 aromatic rings. The third-order valence-corrected chi connectivity index (χ3v) is 4.17. The van der Waals surface area contributed by atoms with Crippen molar-refractivity contribution in [3.63, 3.8) is 0 Å². The first-order valence-corrected chi connectivity index (χ1v) is 6.91. The molecule has 1 atom stereocenters. The highest BCUT2D eigenvalue weighted by molar-refractivity contribution is 7.92. The highest BCUT2D eigenvalue weighted by atomic mass is 35.5. The van der Waals surface area contributed by atoms with Crippen molar-refractivity contribution in [2.24, 2.45) is 0 Å². The van der Waals surface area contributed by atoms with E-state index < -0.39 is 27.5 Å². The lowest BCUT2D eigenvalue weighted by Gasteiger charge is -2.23. The third-order valence-electron chi connectivity index (χ3n) is 2.38. The van der Waals surface area contributed by atoms with Gasteiger partial charge in [0.1, 0.15) is 5.75 Å². The Morgan fingerprint density at radius 2 is 1.88 bits per heavy atom. The van der Waals surface area contributed by atoms with Gasteiger partial charge in [0.2, 0.25) is 5.91 Å². The van der Waals surface area contributed by atoms with Gasteiger partial charge in [-0.25, -0.2) is 8.42 Å². The van der Waals surface area contributed by atoms with Gasteiger partial charge in [-0.15, -0.1) is 0 Å². The lowest BCUT2D eigenvalue weighted by molar-refractivity contribution is -0.119. The lowest BCUT2D eigenvalue weighted by atomic mass is 10.1. The van der Waals surface area contributed by atoms with E-state index in [4.69, 9.17) is 11.6 Å². The number of hydrogen-bond donors (Lipinski definition) is 1. The number of amides is 1. The molecule has 0 spiro atoms. The van der Waals surface area contributed by atoms with Gasteiger partial charge in [-0.3, -0.25) is 4.79 Å². The number of benzene rings is 1. The number of carbonyl (C=O) groups is 1. The number of hydrogen-bond acceptors (Lipinski definition) is 3. The minimum Gasteiger partial charge on any atom is -0.347 e. The maximum absolute atomic E-state index is 11.4. The van der Waals surface area contributed by atoms with Crippen LogP contribution in [0.1, 0.15) is 11.6 Å². The van der Waals surface area contributed by atoms with E-state index in [9.17, 15) is 13.2 Å². The summed E-state index contributed by atoms with van der Waals surface area (Å²) in [6, 6.07) is 6.31. The van der Waals surface area contributed by atoms with E-state index >= 15 is 0 Å². The van der Waals surface area contributed by atoms with Gasteiger partial charge in [0.25, 0.3) is 0 Å². The summed E-state index contributed by atoms with van der Waals surface area (Å²) in [6.07, 6.45) is 0. The SMILES string of the molecule is O=C1CS(=O)(=O)CC(c2ccc(Cl)cc2)N1. The van der Waals surface area contributed by atoms with Gasteiger partial charge >= 0.3 is 0 Å². The van der Waals surface area contributed by atoms with Gasteiger partial charge in [-0.1, -0.05) is 23.7 Å². The molecule has 2 rings (SSSR count). The Kier molecular flexibility index (Phi) is 2.90. The molecule has 16 heavy (non-hydrogen) atoms. The van der Waals surface area contributed by atoms with Crippen molar-refractivity contribution < 1.29 is 13.2 Å². The van der Waals surface area contributed by atoms with E-state index in [1.54, 1.807) is 24.3 Å². The average Bonchev–Trinajstić information content (AvgIpc) is 2.15. The van der Waals surface area contributed by atoms with Crippen molar-refractivity contribution in [3.05, 3.63) is 34.9 Å². The molecule has 86 valence electrons. The summed E-state index contributed by atoms with van der Waals surface area (Å²) in [7, 11) is -3.28. The Hall–Kier alpha value is -1.07. The van der Waals surface area contributed by atoms with Crippen molar-refractivity contribution in [1.82, 2.24) is 5.32 Å². The zero-order chi connectivity index (χ0) is 11.8. The zero-order valence-corrected chi connectivity index (χ0v) is 9.88. The first kappa shape index (κ1) is 11.4. The fraction of sp³-hybridized carbons (Fsp3) is 0.300. The summed E-state index contributed by atoms with van der Waals surface area (Å²) in [4.78, 5) is 11.2. The van der Waals surface area contributed by atoms with Crippen LogP contribution in [0, 0.1) is 0 Å². The van der Waals surface area contributed by atoms with Crippen LogP contribution < -0.4 is 5.32 Å².